The minimum atomic E-state index is -3.70. The van der Waals surface area contributed by atoms with Crippen LogP contribution in [-0.4, -0.2) is 155 Å². The normalized spacial score (nSPS) is 15.8. The van der Waals surface area contributed by atoms with Gasteiger partial charge in [0, 0.05) is 63.1 Å². The minimum Gasteiger partial charge on any atom is -0.489 e. The number of hydrogen-bond donors (Lipinski definition) is 3. The number of Topliss-reactive ketones (excluding diaryl/α,β-unsaturated/α-hetero) is 3. The number of amides is 2. The van der Waals surface area contributed by atoms with Crippen molar-refractivity contribution in [2.45, 2.75) is 118 Å². The van der Waals surface area contributed by atoms with E-state index >= 15 is 0 Å². The smallest absolute Gasteiger partial charge is 0.325 e. The fourth-order valence-electron chi connectivity index (χ4n) is 9.45. The van der Waals surface area contributed by atoms with Gasteiger partial charge in [0.25, 0.3) is 11.6 Å². The third-order valence-electron chi connectivity index (χ3n) is 14.1. The number of carbonyl (C=O) groups is 7. The molecule has 94 heavy (non-hydrogen) atoms. The molecule has 1 aliphatic carbocycles. The zero-order chi connectivity index (χ0) is 70.5. The number of sulfone groups is 1. The third kappa shape index (κ3) is 22.9. The molecular weight excluding hydrogens is 1390 g/mol. The number of nitrogens with zero attached hydrogens (tertiary/aromatic N) is 6. The highest BCUT2D eigenvalue weighted by Gasteiger charge is 2.39. The molecule has 514 valence electrons. The van der Waals surface area contributed by atoms with Crippen LogP contribution in [-0.2, 0) is 72.2 Å². The number of ketones is 3. The van der Waals surface area contributed by atoms with E-state index in [2.05, 4.69) is 22.7 Å². The van der Waals surface area contributed by atoms with Crippen molar-refractivity contribution in [1.29, 1.82) is 0 Å². The van der Waals surface area contributed by atoms with Crippen molar-refractivity contribution in [3.8, 4) is 5.75 Å². The van der Waals surface area contributed by atoms with Gasteiger partial charge < -0.3 is 39.7 Å². The summed E-state index contributed by atoms with van der Waals surface area (Å²) in [5, 5.41) is 19.6. The molecule has 0 bridgehead atoms. The number of para-hydroxylation sites is 3. The highest BCUT2D eigenvalue weighted by atomic mass is 35.5. The van der Waals surface area contributed by atoms with Gasteiger partial charge >= 0.3 is 16.8 Å². The molecule has 0 radical (unpaired) electrons. The lowest BCUT2D eigenvalue weighted by atomic mass is 9.81. The molecule has 0 spiro atoms. The second-order valence-electron chi connectivity index (χ2n) is 21.4. The molecular formula is C60H73Cl4FN7O18PS3. The largest absolute Gasteiger partial charge is 0.489 e. The number of nitro benzene ring substituents is 1. The van der Waals surface area contributed by atoms with Crippen molar-refractivity contribution >= 4 is 151 Å². The maximum atomic E-state index is 14.3. The molecule has 4 aromatic carbocycles. The summed E-state index contributed by atoms with van der Waals surface area (Å²) in [5.74, 6) is -5.42. The molecule has 4 N–H and O–H groups in total. The summed E-state index contributed by atoms with van der Waals surface area (Å²) < 4.78 is 66.6. The van der Waals surface area contributed by atoms with Gasteiger partial charge in [0.15, 0.2) is 39.4 Å². The molecule has 8 rings (SSSR count). The van der Waals surface area contributed by atoms with E-state index in [-0.39, 0.29) is 81.4 Å². The summed E-state index contributed by atoms with van der Waals surface area (Å²) in [6.07, 6.45) is 4.14. The van der Waals surface area contributed by atoms with Crippen LogP contribution in [0.5, 0.6) is 5.75 Å². The van der Waals surface area contributed by atoms with E-state index in [1.165, 1.54) is 19.8 Å². The number of halogens is 5. The number of carboxylic acid groups (broad SMARTS) is 1. The van der Waals surface area contributed by atoms with E-state index in [1.54, 1.807) is 26.3 Å². The van der Waals surface area contributed by atoms with Crippen molar-refractivity contribution in [1.82, 2.24) is 9.36 Å². The Morgan fingerprint density at radius 2 is 1.64 bits per heavy atom. The van der Waals surface area contributed by atoms with E-state index in [4.69, 9.17) is 71.6 Å². The van der Waals surface area contributed by atoms with Crippen LogP contribution in [0.15, 0.2) is 92.4 Å². The first-order chi connectivity index (χ1) is 44.1. The molecule has 34 heteroatoms. The fourth-order valence-corrected chi connectivity index (χ4v) is 13.2. The number of nitrogens with two attached hydrogens (primary N) is 1. The van der Waals surface area contributed by atoms with Crippen molar-refractivity contribution in [3.05, 3.63) is 125 Å². The number of esters is 1. The quantitative estimate of drug-likeness (QED) is 0.0101. The number of hydrogen-bond acceptors (Lipinski definition) is 20. The average Bonchev–Trinajstić information content (AvgIpc) is 1.32. The average molecular weight is 1470 g/mol. The lowest BCUT2D eigenvalue weighted by Gasteiger charge is -2.35. The summed E-state index contributed by atoms with van der Waals surface area (Å²) in [6.45, 7) is 11.4. The number of thioether (sulfide) groups is 1. The number of anilines is 2. The monoisotopic (exact) mass is 1470 g/mol. The third-order valence-corrected chi connectivity index (χ3v) is 19.2. The van der Waals surface area contributed by atoms with Gasteiger partial charge in [-0.25, -0.2) is 22.5 Å². The molecule has 2 amide bonds. The number of fused-ring (bicyclic) bond motifs is 2. The second kappa shape index (κ2) is 37.2. The summed E-state index contributed by atoms with van der Waals surface area (Å²) in [7, 11) is -3.87. The minimum absolute atomic E-state index is 0.0223. The van der Waals surface area contributed by atoms with Crippen LogP contribution in [0.3, 0.4) is 0 Å². The van der Waals surface area contributed by atoms with Gasteiger partial charge in [-0.15, -0.1) is 23.4 Å². The molecule has 0 saturated heterocycles. The summed E-state index contributed by atoms with van der Waals surface area (Å²) in [6, 6.07) is 17.7. The first-order valence-corrected chi connectivity index (χ1v) is 36.6. The molecule has 5 aromatic rings. The Morgan fingerprint density at radius 3 is 2.20 bits per heavy atom. The van der Waals surface area contributed by atoms with Crippen LogP contribution in [0.4, 0.5) is 27.1 Å². The molecule has 1 fully saturated rings. The predicted molar refractivity (Wildman–Crippen MR) is 358 cm³/mol. The Kier molecular flexibility index (Phi) is 31.7. The van der Waals surface area contributed by atoms with Crippen LogP contribution in [0.25, 0.3) is 0 Å². The zero-order valence-corrected chi connectivity index (χ0v) is 58.8. The zero-order valence-electron chi connectivity index (χ0n) is 52.5. The maximum Gasteiger partial charge on any atom is 0.325 e. The first kappa shape index (κ1) is 80.1. The molecule has 4 atom stereocenters. The van der Waals surface area contributed by atoms with Crippen LogP contribution < -0.4 is 29.9 Å². The topological polar surface area (TPSA) is 354 Å². The molecule has 3 heterocycles. The van der Waals surface area contributed by atoms with E-state index in [1.807, 2.05) is 57.2 Å². The Bertz CT molecular complexity index is 3870. The number of ether oxygens (including phenoxy) is 3. The predicted octanol–water partition coefficient (Wildman–Crippen LogP) is 9.37. The molecule has 25 nitrogen and oxygen atoms in total. The van der Waals surface area contributed by atoms with Crippen molar-refractivity contribution in [2.24, 2.45) is 16.6 Å². The van der Waals surface area contributed by atoms with Crippen LogP contribution >= 0.6 is 76.9 Å². The number of rotatable bonds is 19. The Labute approximate surface area is 570 Å². The Hall–Kier alpha value is -6.37. The van der Waals surface area contributed by atoms with Crippen molar-refractivity contribution < 1.29 is 80.1 Å². The second-order valence-corrected chi connectivity index (χ2v) is 29.7. The lowest BCUT2D eigenvalue weighted by molar-refractivity contribution is -0.385. The van der Waals surface area contributed by atoms with E-state index in [0.717, 1.165) is 95.4 Å². The number of aliphatic carboxylic acids is 1. The van der Waals surface area contributed by atoms with Crippen molar-refractivity contribution in [3.63, 3.8) is 0 Å². The number of carboxylic acids is 1. The van der Waals surface area contributed by atoms with Gasteiger partial charge in [-0.2, -0.15) is 0 Å². The van der Waals surface area contributed by atoms with Crippen molar-refractivity contribution in [2.75, 3.05) is 67.9 Å². The van der Waals surface area contributed by atoms with Crippen LogP contribution in [0.2, 0.25) is 5.02 Å². The lowest BCUT2D eigenvalue weighted by Crippen LogP contribution is -2.47. The molecule has 1 aromatic heterocycles. The van der Waals surface area contributed by atoms with Gasteiger partial charge in [0.1, 0.15) is 41.7 Å². The highest BCUT2D eigenvalue weighted by Crippen LogP contribution is 2.37. The number of aromatic nitrogens is 2. The summed E-state index contributed by atoms with van der Waals surface area (Å²) >= 11 is 25.2. The first-order valence-electron chi connectivity index (χ1n) is 28.8. The molecule has 4 unspecified atom stereocenters. The number of nitro groups is 1. The van der Waals surface area contributed by atoms with Gasteiger partial charge in [-0.3, -0.25) is 57.7 Å². The van der Waals surface area contributed by atoms with Crippen LogP contribution in [0, 0.1) is 28.8 Å². The number of alkyl halides is 3. The molecule has 2 aliphatic heterocycles. The summed E-state index contributed by atoms with van der Waals surface area (Å²) in [5.41, 5.74) is 7.94. The van der Waals surface area contributed by atoms with Gasteiger partial charge in [-0.1, -0.05) is 72.1 Å². The highest BCUT2D eigenvalue weighted by molar-refractivity contribution is 8.00. The van der Waals surface area contributed by atoms with Gasteiger partial charge in [0.05, 0.1) is 63.3 Å². The summed E-state index contributed by atoms with van der Waals surface area (Å²) in [4.78, 5) is 120. The van der Waals surface area contributed by atoms with E-state index < -0.39 is 85.3 Å². The van der Waals surface area contributed by atoms with Gasteiger partial charge in [-0.05, 0) is 112 Å². The maximum absolute atomic E-state index is 14.3. The number of benzene rings is 4. The SMILES string of the molecule is CC1COc2ccccc2N1C(=O)C(Cl)Cl.CCc1cccc(C)c1N(C(=O)CCl)C(C)COC.COC(=O)CSc1cc(/N=c2\sc(=O)n3n2CCCC3)c(F)cc1Cl.CP(=O)(O)CCC(N)C(=O)O.CS(=O)(=O)c1ccc(C(=O)C2C(=O)CCCC2=O)c([N+](=O)[O-])c1. The number of aryl methyl sites for hydroxylation is 2. The Balaban J connectivity index is 0.000000256. The number of methoxy groups -OCH3 is 2. The fraction of sp³-hybridized carbons (Fsp3) is 0.450. The van der Waals surface area contributed by atoms with E-state index in [9.17, 15) is 65.8 Å². The van der Waals surface area contributed by atoms with Gasteiger partial charge in [0.2, 0.25) is 10.7 Å². The van der Waals surface area contributed by atoms with E-state index in [0.29, 0.717) is 48.2 Å². The number of carbonyl (C=O) groups excluding carboxylic acids is 6. The molecule has 1 saturated carbocycles. The Morgan fingerprint density at radius 1 is 1.00 bits per heavy atom. The molecule has 3 aliphatic rings. The van der Waals surface area contributed by atoms with Crippen LogP contribution in [0.1, 0.15) is 80.8 Å². The standard InChI is InChI=1S/C15H15ClFN3O3S2.C15H22ClNO2.C14H13NO7S.C11H11Cl2NO2.C5H12NO4P/c1-23-13(21)8-24-12-7-11(10(17)6-9(12)16)18-14-19-4-2-3-5-20(19)15(22)25-14;1-5-13-8-6-7-11(2)15(13)17(14(18)9-16)12(3)10-19-4;1-23(21,22)8-5-6-9(10(7-8)15(19)20)14(18)13-11(16)3-2-4-12(13)17;1-7-6-16-9-5-3-2-4-8(9)14(7)11(15)10(12)13;1-11(9,10)3-2-4(6)5(7)8/h6-7H,2-5,8H2,1H3;6-8,12H,5,9-10H2,1-4H3;5-7,13H,2-4H2,1H3;2-5,7,10H,6H2,1H3;4H,2-3,6H2,1H3,(H,7,8)(H,9,10)/b18-14-;;;;.